The number of hydrogen-bond donors (Lipinski definition) is 1. The zero-order valence-corrected chi connectivity index (χ0v) is 8.61. The van der Waals surface area contributed by atoms with Gasteiger partial charge in [0.15, 0.2) is 0 Å². The second kappa shape index (κ2) is 4.17. The van der Waals surface area contributed by atoms with E-state index in [1.165, 1.54) is 12.1 Å². The summed E-state index contributed by atoms with van der Waals surface area (Å²) in [5.41, 5.74) is 5.96. The highest BCUT2D eigenvalue weighted by atomic mass is 79.9. The number of nitrogens with zero attached hydrogens (tertiary/aromatic N) is 2. The lowest BCUT2D eigenvalue weighted by Gasteiger charge is -2.01. The van der Waals surface area contributed by atoms with E-state index in [1.54, 1.807) is 0 Å². The van der Waals surface area contributed by atoms with Gasteiger partial charge in [0.1, 0.15) is 6.07 Å². The highest BCUT2D eigenvalue weighted by Gasteiger charge is 2.15. The Morgan fingerprint density at radius 3 is 2.71 bits per heavy atom. The van der Waals surface area contributed by atoms with Crippen LogP contribution in [0.15, 0.2) is 16.6 Å². The van der Waals surface area contributed by atoms with Crippen molar-refractivity contribution in [2.45, 2.75) is 6.54 Å². The number of benzene rings is 1. The number of nitriles is 1. The number of hydrogen-bond acceptors (Lipinski definition) is 4. The summed E-state index contributed by atoms with van der Waals surface area (Å²) < 4.78 is 0.406. The molecule has 0 amide bonds. The van der Waals surface area contributed by atoms with Gasteiger partial charge in [-0.2, -0.15) is 5.26 Å². The molecule has 0 heterocycles. The molecule has 1 aromatic rings. The van der Waals surface area contributed by atoms with Gasteiger partial charge in [-0.05, 0) is 22.0 Å². The highest BCUT2D eigenvalue weighted by molar-refractivity contribution is 9.10. The lowest BCUT2D eigenvalue weighted by atomic mass is 10.1. The van der Waals surface area contributed by atoms with Gasteiger partial charge in [-0.1, -0.05) is 0 Å². The Morgan fingerprint density at radius 1 is 1.64 bits per heavy atom. The van der Waals surface area contributed by atoms with Gasteiger partial charge in [-0.25, -0.2) is 0 Å². The molecule has 0 fully saturated rings. The van der Waals surface area contributed by atoms with E-state index in [9.17, 15) is 10.1 Å². The first-order chi connectivity index (χ1) is 6.60. The van der Waals surface area contributed by atoms with E-state index in [2.05, 4.69) is 15.9 Å². The van der Waals surface area contributed by atoms with Crippen molar-refractivity contribution in [2.24, 2.45) is 5.73 Å². The quantitative estimate of drug-likeness (QED) is 0.643. The third kappa shape index (κ3) is 1.89. The van der Waals surface area contributed by atoms with Gasteiger partial charge in [0.2, 0.25) is 0 Å². The fraction of sp³-hybridized carbons (Fsp3) is 0.125. The summed E-state index contributed by atoms with van der Waals surface area (Å²) in [5.74, 6) is 0. The Labute approximate surface area is 88.4 Å². The Hall–Kier alpha value is -1.45. The SMILES string of the molecule is N#Cc1cc(CN)c([N+](=O)[O-])cc1Br. The second-order valence-corrected chi connectivity index (χ2v) is 3.39. The predicted octanol–water partition coefficient (Wildman–Crippen LogP) is 1.69. The third-order valence-electron chi connectivity index (χ3n) is 1.71. The standard InChI is InChI=1S/C8H6BrN3O2/c9-7-2-8(12(13)14)6(4-11)1-5(7)3-10/h1-2H,4,11H2. The fourth-order valence-electron chi connectivity index (χ4n) is 1.03. The van der Waals surface area contributed by atoms with Crippen LogP contribution in [0.2, 0.25) is 0 Å². The Kier molecular flexibility index (Phi) is 3.17. The molecule has 6 heteroatoms. The average molecular weight is 256 g/mol. The maximum Gasteiger partial charge on any atom is 0.275 e. The molecule has 14 heavy (non-hydrogen) atoms. The Morgan fingerprint density at radius 2 is 2.29 bits per heavy atom. The maximum atomic E-state index is 10.6. The molecule has 0 saturated carbocycles. The van der Waals surface area contributed by atoms with Crippen LogP contribution in [0, 0.1) is 21.4 Å². The van der Waals surface area contributed by atoms with Crippen LogP contribution < -0.4 is 5.73 Å². The molecule has 72 valence electrons. The molecule has 0 aliphatic carbocycles. The smallest absolute Gasteiger partial charge is 0.275 e. The van der Waals surface area contributed by atoms with Gasteiger partial charge in [0, 0.05) is 22.6 Å². The lowest BCUT2D eigenvalue weighted by molar-refractivity contribution is -0.385. The Bertz CT molecular complexity index is 425. The summed E-state index contributed by atoms with van der Waals surface area (Å²) in [6.07, 6.45) is 0. The summed E-state index contributed by atoms with van der Waals surface area (Å²) in [6, 6.07) is 4.62. The first-order valence-corrected chi connectivity index (χ1v) is 4.46. The van der Waals surface area contributed by atoms with Crippen LogP contribution in [-0.4, -0.2) is 4.92 Å². The number of nitro benzene ring substituents is 1. The minimum atomic E-state index is -0.520. The second-order valence-electron chi connectivity index (χ2n) is 2.53. The summed E-state index contributed by atoms with van der Waals surface area (Å²) >= 11 is 3.07. The van der Waals surface area contributed by atoms with Crippen molar-refractivity contribution in [2.75, 3.05) is 0 Å². The van der Waals surface area contributed by atoms with E-state index in [1.807, 2.05) is 6.07 Å². The van der Waals surface area contributed by atoms with Gasteiger partial charge in [-0.15, -0.1) is 0 Å². The topological polar surface area (TPSA) is 93.0 Å². The largest absolute Gasteiger partial charge is 0.326 e. The molecule has 0 aromatic heterocycles. The van der Waals surface area contributed by atoms with Crippen LogP contribution in [0.3, 0.4) is 0 Å². The maximum absolute atomic E-state index is 10.6. The van der Waals surface area contributed by atoms with Crippen molar-refractivity contribution in [3.05, 3.63) is 37.8 Å². The van der Waals surface area contributed by atoms with Crippen molar-refractivity contribution in [3.8, 4) is 6.07 Å². The van der Waals surface area contributed by atoms with E-state index in [4.69, 9.17) is 11.0 Å². The molecule has 0 unspecified atom stereocenters. The van der Waals surface area contributed by atoms with Crippen molar-refractivity contribution in [3.63, 3.8) is 0 Å². The summed E-state index contributed by atoms with van der Waals surface area (Å²) in [7, 11) is 0. The van der Waals surface area contributed by atoms with Crippen molar-refractivity contribution < 1.29 is 4.92 Å². The molecule has 0 atom stereocenters. The monoisotopic (exact) mass is 255 g/mol. The van der Waals surface area contributed by atoms with E-state index < -0.39 is 4.92 Å². The van der Waals surface area contributed by atoms with Crippen molar-refractivity contribution in [1.82, 2.24) is 0 Å². The van der Waals surface area contributed by atoms with E-state index in [0.29, 0.717) is 15.6 Å². The number of halogens is 1. The van der Waals surface area contributed by atoms with Crippen LogP contribution in [0.1, 0.15) is 11.1 Å². The molecular formula is C8H6BrN3O2. The molecular weight excluding hydrogens is 250 g/mol. The predicted molar refractivity (Wildman–Crippen MR) is 53.4 cm³/mol. The van der Waals surface area contributed by atoms with Gasteiger partial charge < -0.3 is 5.73 Å². The van der Waals surface area contributed by atoms with Crippen LogP contribution in [0.4, 0.5) is 5.69 Å². The third-order valence-corrected chi connectivity index (χ3v) is 2.36. The number of nitro groups is 1. The number of rotatable bonds is 2. The van der Waals surface area contributed by atoms with E-state index >= 15 is 0 Å². The summed E-state index contributed by atoms with van der Waals surface area (Å²) in [6.45, 7) is 0.0400. The normalized spacial score (nSPS) is 9.50. The zero-order valence-electron chi connectivity index (χ0n) is 7.03. The molecule has 0 radical (unpaired) electrons. The number of nitrogens with two attached hydrogens (primary N) is 1. The molecule has 1 aromatic carbocycles. The van der Waals surface area contributed by atoms with Crippen molar-refractivity contribution >= 4 is 21.6 Å². The van der Waals surface area contributed by atoms with Crippen LogP contribution >= 0.6 is 15.9 Å². The van der Waals surface area contributed by atoms with Crippen LogP contribution in [0.5, 0.6) is 0 Å². The molecule has 0 saturated heterocycles. The van der Waals surface area contributed by atoms with Gasteiger partial charge >= 0.3 is 0 Å². The van der Waals surface area contributed by atoms with Gasteiger partial charge in [0.05, 0.1) is 10.5 Å². The van der Waals surface area contributed by atoms with Crippen molar-refractivity contribution in [1.29, 1.82) is 5.26 Å². The van der Waals surface area contributed by atoms with E-state index in [0.717, 1.165) is 0 Å². The molecule has 0 spiro atoms. The molecule has 0 aliphatic rings. The van der Waals surface area contributed by atoms with Crippen LogP contribution in [0.25, 0.3) is 0 Å². The molecule has 1 rings (SSSR count). The molecule has 2 N–H and O–H groups in total. The zero-order chi connectivity index (χ0) is 10.7. The molecule has 0 bridgehead atoms. The van der Waals surface area contributed by atoms with E-state index in [-0.39, 0.29) is 12.2 Å². The minimum absolute atomic E-state index is 0.0400. The minimum Gasteiger partial charge on any atom is -0.326 e. The molecule has 0 aliphatic heterocycles. The van der Waals surface area contributed by atoms with Gasteiger partial charge in [-0.3, -0.25) is 10.1 Å². The Balaban J connectivity index is 3.41. The highest BCUT2D eigenvalue weighted by Crippen LogP contribution is 2.26. The summed E-state index contributed by atoms with van der Waals surface area (Å²) in [4.78, 5) is 10.1. The fourth-order valence-corrected chi connectivity index (χ4v) is 1.45. The average Bonchev–Trinajstić information content (AvgIpc) is 2.17. The summed E-state index contributed by atoms with van der Waals surface area (Å²) in [5, 5.41) is 19.3. The first-order valence-electron chi connectivity index (χ1n) is 3.67. The van der Waals surface area contributed by atoms with Gasteiger partial charge in [0.25, 0.3) is 5.69 Å². The first kappa shape index (κ1) is 10.6. The lowest BCUT2D eigenvalue weighted by Crippen LogP contribution is -2.02. The van der Waals surface area contributed by atoms with Crippen LogP contribution in [-0.2, 0) is 6.54 Å². The molecule has 5 nitrogen and oxygen atoms in total.